The SMILES string of the molecule is CC1(C)CC(=O)C2=C(C1)N(c1ccccc1)C(=N)/C(=C(/O)c1ccc(Cl)cc1)C2c1cccs1. The van der Waals surface area contributed by atoms with Crippen LogP contribution in [0.3, 0.4) is 0 Å². The average molecular weight is 489 g/mol. The molecular weight excluding hydrogens is 464 g/mol. The van der Waals surface area contributed by atoms with Crippen molar-refractivity contribution in [3.05, 3.63) is 104 Å². The van der Waals surface area contributed by atoms with Gasteiger partial charge in [0.2, 0.25) is 0 Å². The van der Waals surface area contributed by atoms with E-state index in [1.807, 2.05) is 52.7 Å². The summed E-state index contributed by atoms with van der Waals surface area (Å²) >= 11 is 7.62. The van der Waals surface area contributed by atoms with E-state index in [4.69, 9.17) is 11.6 Å². The topological polar surface area (TPSA) is 64.4 Å². The van der Waals surface area contributed by atoms with Crippen LogP contribution in [0.25, 0.3) is 5.76 Å². The maximum absolute atomic E-state index is 13.7. The highest BCUT2D eigenvalue weighted by atomic mass is 35.5. The number of para-hydroxylation sites is 1. The number of aliphatic hydroxyl groups is 1. The van der Waals surface area contributed by atoms with E-state index < -0.39 is 5.92 Å². The van der Waals surface area contributed by atoms with Gasteiger partial charge in [-0.05, 0) is 59.7 Å². The van der Waals surface area contributed by atoms with E-state index in [1.54, 1.807) is 24.3 Å². The van der Waals surface area contributed by atoms with Crippen LogP contribution >= 0.6 is 22.9 Å². The first-order valence-corrected chi connectivity index (χ1v) is 12.5. The minimum atomic E-state index is -0.498. The van der Waals surface area contributed by atoms with Gasteiger partial charge in [-0.2, -0.15) is 0 Å². The fourth-order valence-corrected chi connectivity index (χ4v) is 5.95. The van der Waals surface area contributed by atoms with Crippen molar-refractivity contribution in [2.45, 2.75) is 32.6 Å². The number of allylic oxidation sites excluding steroid dienone is 2. The maximum atomic E-state index is 13.7. The summed E-state index contributed by atoms with van der Waals surface area (Å²) in [6.45, 7) is 4.19. The molecule has 3 aromatic rings. The molecule has 34 heavy (non-hydrogen) atoms. The van der Waals surface area contributed by atoms with Crippen molar-refractivity contribution in [3.8, 4) is 0 Å². The summed E-state index contributed by atoms with van der Waals surface area (Å²) in [4.78, 5) is 16.5. The molecule has 0 spiro atoms. The van der Waals surface area contributed by atoms with Crippen LogP contribution in [-0.2, 0) is 4.79 Å². The lowest BCUT2D eigenvalue weighted by molar-refractivity contribution is -0.118. The van der Waals surface area contributed by atoms with E-state index in [-0.39, 0.29) is 22.8 Å². The van der Waals surface area contributed by atoms with Gasteiger partial charge in [-0.1, -0.05) is 49.7 Å². The van der Waals surface area contributed by atoms with E-state index in [9.17, 15) is 15.3 Å². The van der Waals surface area contributed by atoms with E-state index in [2.05, 4.69) is 13.8 Å². The van der Waals surface area contributed by atoms with Crippen LogP contribution in [0.2, 0.25) is 5.02 Å². The lowest BCUT2D eigenvalue weighted by Gasteiger charge is -2.45. The second kappa shape index (κ2) is 8.57. The molecule has 2 aliphatic rings. The predicted octanol–water partition coefficient (Wildman–Crippen LogP) is 7.60. The minimum Gasteiger partial charge on any atom is -0.507 e. The third-order valence-electron chi connectivity index (χ3n) is 6.44. The van der Waals surface area contributed by atoms with Gasteiger partial charge in [0, 0.05) is 38.8 Å². The lowest BCUT2D eigenvalue weighted by atomic mass is 9.68. The molecule has 5 rings (SSSR count). The Kier molecular flexibility index (Phi) is 5.70. The molecule has 172 valence electrons. The van der Waals surface area contributed by atoms with Crippen LogP contribution in [0, 0.1) is 10.8 Å². The number of carbonyl (C=O) groups is 1. The van der Waals surface area contributed by atoms with E-state index in [0.717, 1.165) is 16.3 Å². The molecule has 1 aliphatic heterocycles. The number of nitrogens with one attached hydrogen (secondary N) is 1. The second-order valence-electron chi connectivity index (χ2n) is 9.54. The van der Waals surface area contributed by atoms with Gasteiger partial charge in [0.1, 0.15) is 11.6 Å². The van der Waals surface area contributed by atoms with Crippen LogP contribution in [0.4, 0.5) is 5.69 Å². The Labute approximate surface area is 208 Å². The molecule has 0 saturated heterocycles. The normalized spacial score (nSPS) is 21.5. The van der Waals surface area contributed by atoms with Gasteiger partial charge in [0.15, 0.2) is 5.78 Å². The third kappa shape index (κ3) is 3.89. The van der Waals surface area contributed by atoms with Crippen molar-refractivity contribution in [1.29, 1.82) is 5.41 Å². The number of hydrogen-bond acceptors (Lipinski definition) is 4. The zero-order chi connectivity index (χ0) is 24.0. The summed E-state index contributed by atoms with van der Waals surface area (Å²) in [5.74, 6) is -0.257. The van der Waals surface area contributed by atoms with Gasteiger partial charge in [-0.15, -0.1) is 11.3 Å². The summed E-state index contributed by atoms with van der Waals surface area (Å²) in [5, 5.41) is 23.4. The Morgan fingerprint density at radius 3 is 2.41 bits per heavy atom. The number of nitrogens with zero attached hydrogens (tertiary/aromatic N) is 1. The van der Waals surface area contributed by atoms with Crippen molar-refractivity contribution in [3.63, 3.8) is 0 Å². The number of aliphatic hydroxyl groups excluding tert-OH is 1. The fourth-order valence-electron chi connectivity index (χ4n) is 4.98. The third-order valence-corrected chi connectivity index (χ3v) is 7.63. The summed E-state index contributed by atoms with van der Waals surface area (Å²) in [6.07, 6.45) is 1.10. The molecule has 0 saturated carbocycles. The number of benzene rings is 2. The first-order valence-electron chi connectivity index (χ1n) is 11.2. The molecule has 0 radical (unpaired) electrons. The molecule has 0 amide bonds. The Bertz CT molecular complexity index is 1320. The number of hydrogen-bond donors (Lipinski definition) is 2. The smallest absolute Gasteiger partial charge is 0.162 e. The Morgan fingerprint density at radius 1 is 1.06 bits per heavy atom. The number of anilines is 1. The number of halogens is 1. The molecule has 1 aliphatic carbocycles. The molecule has 6 heteroatoms. The van der Waals surface area contributed by atoms with Crippen LogP contribution in [0.5, 0.6) is 0 Å². The highest BCUT2D eigenvalue weighted by Crippen LogP contribution is 2.51. The van der Waals surface area contributed by atoms with Crippen LogP contribution < -0.4 is 4.90 Å². The van der Waals surface area contributed by atoms with Crippen molar-refractivity contribution >= 4 is 46.0 Å². The van der Waals surface area contributed by atoms with Gasteiger partial charge in [0.05, 0.1) is 11.5 Å². The Morgan fingerprint density at radius 2 is 1.76 bits per heavy atom. The Hall–Kier alpha value is -3.15. The van der Waals surface area contributed by atoms with Gasteiger partial charge in [0.25, 0.3) is 0 Å². The van der Waals surface area contributed by atoms with Gasteiger partial charge in [-0.3, -0.25) is 15.1 Å². The molecule has 2 heterocycles. The van der Waals surface area contributed by atoms with Gasteiger partial charge in [-0.25, -0.2) is 0 Å². The summed E-state index contributed by atoms with van der Waals surface area (Å²) in [6, 6.07) is 20.5. The van der Waals surface area contributed by atoms with Crippen molar-refractivity contribution in [1.82, 2.24) is 0 Å². The molecule has 2 aromatic carbocycles. The van der Waals surface area contributed by atoms with Crippen LogP contribution in [0.15, 0.2) is 89.0 Å². The van der Waals surface area contributed by atoms with Gasteiger partial charge < -0.3 is 5.11 Å². The number of amidine groups is 1. The first kappa shape index (κ1) is 22.6. The maximum Gasteiger partial charge on any atom is 0.162 e. The zero-order valence-corrected chi connectivity index (χ0v) is 20.6. The van der Waals surface area contributed by atoms with Crippen molar-refractivity contribution in [2.75, 3.05) is 4.90 Å². The van der Waals surface area contributed by atoms with Crippen LogP contribution in [-0.4, -0.2) is 16.7 Å². The molecule has 0 bridgehead atoms. The standard InChI is InChI=1S/C28H25ClN2O2S/c1-28(2)15-20-23(21(32)16-28)24(22-9-6-14-34-22)25(26(33)17-10-12-18(29)13-11-17)27(30)31(20)19-7-4-3-5-8-19/h3-14,24,30,33H,15-16H2,1-2H3/b26-25+,30-27?. The summed E-state index contributed by atoms with van der Waals surface area (Å²) < 4.78 is 0. The van der Waals surface area contributed by atoms with E-state index in [0.29, 0.717) is 34.6 Å². The summed E-state index contributed by atoms with van der Waals surface area (Å²) in [5.41, 5.74) is 3.10. The first-order chi connectivity index (χ1) is 16.3. The second-order valence-corrected chi connectivity index (χ2v) is 11.0. The average Bonchev–Trinajstić information content (AvgIpc) is 3.33. The monoisotopic (exact) mass is 488 g/mol. The highest BCUT2D eigenvalue weighted by molar-refractivity contribution is 7.10. The van der Waals surface area contributed by atoms with Crippen LogP contribution in [0.1, 0.15) is 43.0 Å². The quantitative estimate of drug-likeness (QED) is 0.373. The summed E-state index contributed by atoms with van der Waals surface area (Å²) in [7, 11) is 0. The number of Topliss-reactive ketones (excluding diaryl/α,β-unsaturated/α-hetero) is 1. The largest absolute Gasteiger partial charge is 0.507 e. The molecule has 1 atom stereocenters. The van der Waals surface area contributed by atoms with E-state index >= 15 is 0 Å². The highest BCUT2D eigenvalue weighted by Gasteiger charge is 2.47. The number of ketones is 1. The van der Waals surface area contributed by atoms with E-state index in [1.165, 1.54) is 11.3 Å². The number of thiophene rings is 1. The van der Waals surface area contributed by atoms with Crippen molar-refractivity contribution < 1.29 is 9.90 Å². The lowest BCUT2D eigenvalue weighted by Crippen LogP contribution is -2.45. The van der Waals surface area contributed by atoms with Gasteiger partial charge >= 0.3 is 0 Å². The molecule has 1 unspecified atom stereocenters. The van der Waals surface area contributed by atoms with Crippen molar-refractivity contribution in [2.24, 2.45) is 5.41 Å². The minimum absolute atomic E-state index is 0.00909. The fraction of sp³-hybridized carbons (Fsp3) is 0.214. The predicted molar refractivity (Wildman–Crippen MR) is 140 cm³/mol. The number of carbonyl (C=O) groups excluding carboxylic acids is 1. The zero-order valence-electron chi connectivity index (χ0n) is 19.0. The number of rotatable bonds is 3. The molecule has 2 N–H and O–H groups in total. The molecular formula is C28H25ClN2O2S. The molecule has 0 fully saturated rings. The molecule has 4 nitrogen and oxygen atoms in total. The molecule has 1 aromatic heterocycles. The Balaban J connectivity index is 1.83.